The highest BCUT2D eigenvalue weighted by Gasteiger charge is 2.21. The Hall–Kier alpha value is -1.64. The average molecular weight is 414 g/mol. The molecule has 24 heavy (non-hydrogen) atoms. The van der Waals surface area contributed by atoms with Crippen LogP contribution in [0.2, 0.25) is 0 Å². The van der Waals surface area contributed by atoms with E-state index < -0.39 is 10.0 Å². The molecular formula is C16H20BrN3O3S. The Labute approximate surface area is 150 Å². The maximum Gasteiger partial charge on any atom is 0.267 e. The molecule has 0 radical (unpaired) electrons. The summed E-state index contributed by atoms with van der Waals surface area (Å²) in [5.74, 6) is -0.222. The van der Waals surface area contributed by atoms with E-state index in [0.29, 0.717) is 25.3 Å². The second-order valence-electron chi connectivity index (χ2n) is 5.15. The number of halogens is 1. The molecule has 0 bridgehead atoms. The lowest BCUT2D eigenvalue weighted by atomic mass is 10.2. The predicted octanol–water partition coefficient (Wildman–Crippen LogP) is 2.74. The number of H-pyrrole nitrogens is 1. The van der Waals surface area contributed by atoms with Gasteiger partial charge in [-0.2, -0.15) is 4.31 Å². The van der Waals surface area contributed by atoms with E-state index in [2.05, 4.69) is 26.2 Å². The summed E-state index contributed by atoms with van der Waals surface area (Å²) in [7, 11) is -3.45. The van der Waals surface area contributed by atoms with E-state index >= 15 is 0 Å². The third-order valence-corrected chi connectivity index (χ3v) is 6.13. The fourth-order valence-electron chi connectivity index (χ4n) is 2.27. The Morgan fingerprint density at radius 1 is 1.21 bits per heavy atom. The molecule has 0 fully saturated rings. The second-order valence-corrected chi connectivity index (χ2v) is 8.00. The van der Waals surface area contributed by atoms with Crippen LogP contribution in [0.4, 0.5) is 0 Å². The molecule has 8 heteroatoms. The number of amides is 1. The Morgan fingerprint density at radius 2 is 1.83 bits per heavy atom. The summed E-state index contributed by atoms with van der Waals surface area (Å²) in [6, 6.07) is 8.25. The molecule has 1 aromatic heterocycles. The molecule has 0 aliphatic carbocycles. The van der Waals surface area contributed by atoms with Crippen LogP contribution in [-0.2, 0) is 16.6 Å². The van der Waals surface area contributed by atoms with Crippen molar-refractivity contribution in [2.75, 3.05) is 13.1 Å². The van der Waals surface area contributed by atoms with Gasteiger partial charge in [0.05, 0.1) is 4.90 Å². The van der Waals surface area contributed by atoms with Crippen molar-refractivity contribution < 1.29 is 13.2 Å². The summed E-state index contributed by atoms with van der Waals surface area (Å²) in [4.78, 5) is 15.1. The monoisotopic (exact) mass is 413 g/mol. The first-order valence-corrected chi connectivity index (χ1v) is 9.83. The number of rotatable bonds is 7. The zero-order valence-electron chi connectivity index (χ0n) is 13.5. The summed E-state index contributed by atoms with van der Waals surface area (Å²) in [6.45, 7) is 4.81. The molecule has 0 aliphatic rings. The maximum absolute atomic E-state index is 12.4. The van der Waals surface area contributed by atoms with Gasteiger partial charge >= 0.3 is 0 Å². The third kappa shape index (κ3) is 4.25. The van der Waals surface area contributed by atoms with Gasteiger partial charge in [-0.15, -0.1) is 0 Å². The highest BCUT2D eigenvalue weighted by molar-refractivity contribution is 9.10. The lowest BCUT2D eigenvalue weighted by Crippen LogP contribution is -2.30. The largest absolute Gasteiger partial charge is 0.356 e. The number of nitrogens with zero attached hydrogens (tertiary/aromatic N) is 1. The van der Waals surface area contributed by atoms with Gasteiger partial charge in [0.15, 0.2) is 0 Å². The first-order valence-electron chi connectivity index (χ1n) is 7.59. The van der Waals surface area contributed by atoms with E-state index in [0.717, 1.165) is 10.0 Å². The van der Waals surface area contributed by atoms with Crippen molar-refractivity contribution in [2.24, 2.45) is 0 Å². The molecule has 1 aromatic carbocycles. The van der Waals surface area contributed by atoms with Crippen LogP contribution in [0.15, 0.2) is 45.9 Å². The molecular weight excluding hydrogens is 394 g/mol. The fourth-order valence-corrected chi connectivity index (χ4v) is 4.07. The van der Waals surface area contributed by atoms with Crippen molar-refractivity contribution in [3.8, 4) is 0 Å². The van der Waals surface area contributed by atoms with Crippen LogP contribution in [-0.4, -0.2) is 36.7 Å². The molecule has 1 amide bonds. The standard InChI is InChI=1S/C16H20BrN3O3S/c1-3-20(4-2)24(22,23)14-7-5-12(6-8-14)10-19-16(21)15-9-13(17)11-18-15/h5-9,11,18H,3-4,10H2,1-2H3,(H,19,21). The summed E-state index contributed by atoms with van der Waals surface area (Å²) in [6.07, 6.45) is 1.68. The van der Waals surface area contributed by atoms with Gasteiger partial charge in [0.1, 0.15) is 5.69 Å². The SMILES string of the molecule is CCN(CC)S(=O)(=O)c1ccc(CNC(=O)c2cc(Br)c[nH]2)cc1. The maximum atomic E-state index is 12.4. The van der Waals surface area contributed by atoms with Crippen LogP contribution in [0.25, 0.3) is 0 Å². The Balaban J connectivity index is 2.03. The summed E-state index contributed by atoms with van der Waals surface area (Å²) >= 11 is 3.27. The van der Waals surface area contributed by atoms with Gasteiger partial charge < -0.3 is 10.3 Å². The van der Waals surface area contributed by atoms with Gasteiger partial charge in [0.2, 0.25) is 10.0 Å². The van der Waals surface area contributed by atoms with E-state index in [1.54, 1.807) is 36.5 Å². The molecule has 0 atom stereocenters. The molecule has 2 aromatic rings. The van der Waals surface area contributed by atoms with Crippen LogP contribution >= 0.6 is 15.9 Å². The smallest absolute Gasteiger partial charge is 0.267 e. The van der Waals surface area contributed by atoms with E-state index in [-0.39, 0.29) is 10.8 Å². The minimum atomic E-state index is -3.45. The lowest BCUT2D eigenvalue weighted by Gasteiger charge is -2.18. The zero-order chi connectivity index (χ0) is 17.7. The molecule has 130 valence electrons. The highest BCUT2D eigenvalue weighted by Crippen LogP contribution is 2.16. The minimum absolute atomic E-state index is 0.222. The number of sulfonamides is 1. The predicted molar refractivity (Wildman–Crippen MR) is 96.2 cm³/mol. The van der Waals surface area contributed by atoms with Gasteiger partial charge in [-0.1, -0.05) is 26.0 Å². The fraction of sp³-hybridized carbons (Fsp3) is 0.312. The van der Waals surface area contributed by atoms with Gasteiger partial charge in [-0.3, -0.25) is 4.79 Å². The number of hydrogen-bond acceptors (Lipinski definition) is 3. The number of nitrogens with one attached hydrogen (secondary N) is 2. The van der Waals surface area contributed by atoms with Crippen LogP contribution in [0.3, 0.4) is 0 Å². The normalized spacial score (nSPS) is 11.7. The van der Waals surface area contributed by atoms with Crippen LogP contribution in [0.5, 0.6) is 0 Å². The molecule has 0 unspecified atom stereocenters. The molecule has 1 heterocycles. The van der Waals surface area contributed by atoms with E-state index in [1.165, 1.54) is 4.31 Å². The van der Waals surface area contributed by atoms with Gasteiger partial charge in [-0.05, 0) is 39.7 Å². The zero-order valence-corrected chi connectivity index (χ0v) is 15.9. The Bertz CT molecular complexity index is 796. The summed E-state index contributed by atoms with van der Waals surface area (Å²) in [5, 5.41) is 2.78. The van der Waals surface area contributed by atoms with Gasteiger partial charge in [0, 0.05) is 30.3 Å². The van der Waals surface area contributed by atoms with Crippen LogP contribution < -0.4 is 5.32 Å². The quantitative estimate of drug-likeness (QED) is 0.731. The summed E-state index contributed by atoms with van der Waals surface area (Å²) in [5.41, 5.74) is 1.29. The van der Waals surface area contributed by atoms with Crippen molar-refractivity contribution in [1.29, 1.82) is 0 Å². The number of aromatic amines is 1. The van der Waals surface area contributed by atoms with Crippen LogP contribution in [0, 0.1) is 0 Å². The second kappa shape index (κ2) is 7.96. The van der Waals surface area contributed by atoms with E-state index in [9.17, 15) is 13.2 Å². The van der Waals surface area contributed by atoms with Crippen molar-refractivity contribution >= 4 is 31.9 Å². The number of benzene rings is 1. The first-order chi connectivity index (χ1) is 11.4. The molecule has 0 saturated heterocycles. The molecule has 6 nitrogen and oxygen atoms in total. The number of hydrogen-bond donors (Lipinski definition) is 2. The Morgan fingerprint density at radius 3 is 2.33 bits per heavy atom. The summed E-state index contributed by atoms with van der Waals surface area (Å²) < 4.78 is 27.0. The molecule has 0 aliphatic heterocycles. The molecule has 0 saturated carbocycles. The average Bonchev–Trinajstić information content (AvgIpc) is 3.00. The minimum Gasteiger partial charge on any atom is -0.356 e. The van der Waals surface area contributed by atoms with Crippen molar-refractivity contribution in [3.63, 3.8) is 0 Å². The number of aromatic nitrogens is 1. The number of carbonyl (C=O) groups excluding carboxylic acids is 1. The van der Waals surface area contributed by atoms with Gasteiger partial charge in [-0.25, -0.2) is 8.42 Å². The molecule has 2 N–H and O–H groups in total. The van der Waals surface area contributed by atoms with Crippen LogP contribution in [0.1, 0.15) is 29.9 Å². The van der Waals surface area contributed by atoms with E-state index in [1.807, 2.05) is 13.8 Å². The first kappa shape index (κ1) is 18.7. The molecule has 0 spiro atoms. The van der Waals surface area contributed by atoms with Crippen molar-refractivity contribution in [1.82, 2.24) is 14.6 Å². The van der Waals surface area contributed by atoms with Crippen molar-refractivity contribution in [2.45, 2.75) is 25.3 Å². The third-order valence-electron chi connectivity index (χ3n) is 3.61. The molecule has 2 rings (SSSR count). The lowest BCUT2D eigenvalue weighted by molar-refractivity contribution is 0.0946. The van der Waals surface area contributed by atoms with Crippen molar-refractivity contribution in [3.05, 3.63) is 52.3 Å². The Kier molecular flexibility index (Phi) is 6.20. The van der Waals surface area contributed by atoms with E-state index in [4.69, 9.17) is 0 Å². The number of carbonyl (C=O) groups is 1. The topological polar surface area (TPSA) is 82.3 Å². The van der Waals surface area contributed by atoms with Gasteiger partial charge in [0.25, 0.3) is 5.91 Å². The highest BCUT2D eigenvalue weighted by atomic mass is 79.9.